The first kappa shape index (κ1) is 11.0. The molecule has 1 heterocycles. The molecule has 2 aromatic rings. The van der Waals surface area contributed by atoms with E-state index in [0.717, 1.165) is 36.3 Å². The van der Waals surface area contributed by atoms with Crippen LogP contribution in [0.15, 0.2) is 24.3 Å². The summed E-state index contributed by atoms with van der Waals surface area (Å²) in [5.74, 6) is 0. The van der Waals surface area contributed by atoms with Crippen LogP contribution >= 0.6 is 11.3 Å². The second-order valence-electron chi connectivity index (χ2n) is 4.74. The third-order valence-electron chi connectivity index (χ3n) is 3.39. The van der Waals surface area contributed by atoms with E-state index >= 15 is 0 Å². The molecule has 0 unspecified atom stereocenters. The largest absolute Gasteiger partial charge is 0.359 e. The summed E-state index contributed by atoms with van der Waals surface area (Å²) in [7, 11) is 0. The van der Waals surface area contributed by atoms with Crippen LogP contribution in [0.1, 0.15) is 25.7 Å². The Morgan fingerprint density at radius 1 is 1.18 bits per heavy atom. The predicted molar refractivity (Wildman–Crippen MR) is 73.5 cm³/mol. The summed E-state index contributed by atoms with van der Waals surface area (Å²) in [5.41, 5.74) is 7.00. The average Bonchev–Trinajstić information content (AvgIpc) is 2.74. The normalized spacial score (nSPS) is 25.0. The standard InChI is InChI=1S/C13H17N3S/c14-9-5-7-10(8-6-9)15-13-16-11-3-1-2-4-12(11)17-13/h1-4,9-10H,5-8,14H2,(H,15,16). The Morgan fingerprint density at radius 3 is 2.71 bits per heavy atom. The van der Waals surface area contributed by atoms with Crippen molar-refractivity contribution in [3.05, 3.63) is 24.3 Å². The smallest absolute Gasteiger partial charge is 0.184 e. The molecule has 0 atom stereocenters. The van der Waals surface area contributed by atoms with Crippen LogP contribution in [-0.2, 0) is 0 Å². The summed E-state index contributed by atoms with van der Waals surface area (Å²) in [5, 5.41) is 4.59. The lowest BCUT2D eigenvalue weighted by Crippen LogP contribution is -2.32. The zero-order valence-electron chi connectivity index (χ0n) is 9.73. The summed E-state index contributed by atoms with van der Waals surface area (Å²) in [6.07, 6.45) is 4.58. The summed E-state index contributed by atoms with van der Waals surface area (Å²) in [6, 6.07) is 9.23. The molecule has 0 radical (unpaired) electrons. The monoisotopic (exact) mass is 247 g/mol. The lowest BCUT2D eigenvalue weighted by atomic mass is 9.92. The molecule has 0 aliphatic heterocycles. The van der Waals surface area contributed by atoms with E-state index in [1.807, 2.05) is 6.07 Å². The van der Waals surface area contributed by atoms with E-state index in [4.69, 9.17) is 5.73 Å². The lowest BCUT2D eigenvalue weighted by molar-refractivity contribution is 0.411. The first-order valence-electron chi connectivity index (χ1n) is 6.19. The van der Waals surface area contributed by atoms with E-state index in [1.165, 1.54) is 4.70 Å². The quantitative estimate of drug-likeness (QED) is 0.857. The third-order valence-corrected chi connectivity index (χ3v) is 4.36. The highest BCUT2D eigenvalue weighted by atomic mass is 32.1. The highest BCUT2D eigenvalue weighted by Crippen LogP contribution is 2.28. The molecule has 3 N–H and O–H groups in total. The van der Waals surface area contributed by atoms with Gasteiger partial charge in [0.1, 0.15) is 0 Å². The Morgan fingerprint density at radius 2 is 1.94 bits per heavy atom. The van der Waals surface area contributed by atoms with Crippen molar-refractivity contribution in [3.63, 3.8) is 0 Å². The number of benzene rings is 1. The van der Waals surface area contributed by atoms with Gasteiger partial charge in [0.15, 0.2) is 5.13 Å². The molecule has 1 aliphatic carbocycles. The molecule has 4 heteroatoms. The first-order valence-corrected chi connectivity index (χ1v) is 7.00. The number of nitrogens with two attached hydrogens (primary N) is 1. The van der Waals surface area contributed by atoms with Gasteiger partial charge in [0.05, 0.1) is 10.2 Å². The van der Waals surface area contributed by atoms with E-state index < -0.39 is 0 Å². The number of anilines is 1. The summed E-state index contributed by atoms with van der Waals surface area (Å²) < 4.78 is 1.25. The molecule has 3 nitrogen and oxygen atoms in total. The van der Waals surface area contributed by atoms with Gasteiger partial charge in [-0.1, -0.05) is 23.5 Å². The molecule has 1 aromatic carbocycles. The maximum atomic E-state index is 5.91. The minimum atomic E-state index is 0.406. The van der Waals surface area contributed by atoms with Gasteiger partial charge in [-0.3, -0.25) is 0 Å². The van der Waals surface area contributed by atoms with E-state index in [0.29, 0.717) is 12.1 Å². The van der Waals surface area contributed by atoms with E-state index in [2.05, 4.69) is 28.5 Å². The highest BCUT2D eigenvalue weighted by Gasteiger charge is 2.19. The second-order valence-corrected chi connectivity index (χ2v) is 5.77. The zero-order chi connectivity index (χ0) is 11.7. The van der Waals surface area contributed by atoms with Gasteiger partial charge >= 0.3 is 0 Å². The number of hydrogen-bond donors (Lipinski definition) is 2. The predicted octanol–water partition coefficient (Wildman–Crippen LogP) is 2.98. The van der Waals surface area contributed by atoms with Crippen LogP contribution in [0.25, 0.3) is 10.2 Å². The number of thiazole rings is 1. The fourth-order valence-corrected chi connectivity index (χ4v) is 3.31. The van der Waals surface area contributed by atoms with Gasteiger partial charge in [0.2, 0.25) is 0 Å². The number of fused-ring (bicyclic) bond motifs is 1. The van der Waals surface area contributed by atoms with Gasteiger partial charge in [-0.25, -0.2) is 4.98 Å². The highest BCUT2D eigenvalue weighted by molar-refractivity contribution is 7.22. The number of para-hydroxylation sites is 1. The Balaban J connectivity index is 1.72. The molecule has 0 spiro atoms. The minimum absolute atomic E-state index is 0.406. The molecule has 1 saturated carbocycles. The van der Waals surface area contributed by atoms with Crippen molar-refractivity contribution in [1.82, 2.24) is 4.98 Å². The molecular weight excluding hydrogens is 230 g/mol. The minimum Gasteiger partial charge on any atom is -0.359 e. The Hall–Kier alpha value is -1.13. The molecule has 1 aliphatic rings. The van der Waals surface area contributed by atoms with Crippen LogP contribution in [0.4, 0.5) is 5.13 Å². The molecule has 0 amide bonds. The van der Waals surface area contributed by atoms with Gasteiger partial charge in [0, 0.05) is 12.1 Å². The molecule has 1 aromatic heterocycles. The van der Waals surface area contributed by atoms with Gasteiger partial charge in [-0.15, -0.1) is 0 Å². The van der Waals surface area contributed by atoms with Crippen LogP contribution in [0.3, 0.4) is 0 Å². The van der Waals surface area contributed by atoms with Crippen molar-refractivity contribution in [3.8, 4) is 0 Å². The van der Waals surface area contributed by atoms with Crippen molar-refractivity contribution >= 4 is 26.7 Å². The zero-order valence-corrected chi connectivity index (χ0v) is 10.5. The van der Waals surface area contributed by atoms with Crippen molar-refractivity contribution in [2.45, 2.75) is 37.8 Å². The van der Waals surface area contributed by atoms with Crippen molar-refractivity contribution < 1.29 is 0 Å². The lowest BCUT2D eigenvalue weighted by Gasteiger charge is -2.26. The van der Waals surface area contributed by atoms with Crippen molar-refractivity contribution in [1.29, 1.82) is 0 Å². The molecule has 1 fully saturated rings. The molecular formula is C13H17N3S. The third kappa shape index (κ3) is 2.42. The van der Waals surface area contributed by atoms with Crippen molar-refractivity contribution in [2.75, 3.05) is 5.32 Å². The van der Waals surface area contributed by atoms with E-state index in [9.17, 15) is 0 Å². The second kappa shape index (κ2) is 4.63. The molecule has 17 heavy (non-hydrogen) atoms. The Labute approximate surface area is 105 Å². The average molecular weight is 247 g/mol. The van der Waals surface area contributed by atoms with Gasteiger partial charge in [-0.2, -0.15) is 0 Å². The number of aromatic nitrogens is 1. The van der Waals surface area contributed by atoms with E-state index in [1.54, 1.807) is 11.3 Å². The summed E-state index contributed by atoms with van der Waals surface area (Å²) in [4.78, 5) is 4.60. The first-order chi connectivity index (χ1) is 8.31. The van der Waals surface area contributed by atoms with Gasteiger partial charge < -0.3 is 11.1 Å². The summed E-state index contributed by atoms with van der Waals surface area (Å²) >= 11 is 1.74. The van der Waals surface area contributed by atoms with Gasteiger partial charge in [-0.05, 0) is 37.8 Å². The fraction of sp³-hybridized carbons (Fsp3) is 0.462. The van der Waals surface area contributed by atoms with E-state index in [-0.39, 0.29) is 0 Å². The van der Waals surface area contributed by atoms with Crippen molar-refractivity contribution in [2.24, 2.45) is 5.73 Å². The number of hydrogen-bond acceptors (Lipinski definition) is 4. The number of nitrogens with zero attached hydrogens (tertiary/aromatic N) is 1. The van der Waals surface area contributed by atoms with Crippen LogP contribution in [0, 0.1) is 0 Å². The van der Waals surface area contributed by atoms with Crippen LogP contribution < -0.4 is 11.1 Å². The van der Waals surface area contributed by atoms with Crippen LogP contribution in [0.2, 0.25) is 0 Å². The Bertz CT molecular complexity index is 467. The molecule has 0 bridgehead atoms. The van der Waals surface area contributed by atoms with Gasteiger partial charge in [0.25, 0.3) is 0 Å². The maximum Gasteiger partial charge on any atom is 0.184 e. The SMILES string of the molecule is NC1CCC(Nc2nc3ccccc3s2)CC1. The molecule has 90 valence electrons. The number of nitrogens with one attached hydrogen (secondary N) is 1. The molecule has 0 saturated heterocycles. The summed E-state index contributed by atoms with van der Waals surface area (Å²) in [6.45, 7) is 0. The molecule has 3 rings (SSSR count). The number of rotatable bonds is 2. The topological polar surface area (TPSA) is 50.9 Å². The van der Waals surface area contributed by atoms with Crippen LogP contribution in [-0.4, -0.2) is 17.1 Å². The van der Waals surface area contributed by atoms with Crippen LogP contribution in [0.5, 0.6) is 0 Å². The maximum absolute atomic E-state index is 5.91. The fourth-order valence-electron chi connectivity index (χ4n) is 2.37. The Kier molecular flexibility index (Phi) is 2.99.